The molecule has 43 heavy (non-hydrogen) atoms. The minimum atomic E-state index is -1.46. The number of aliphatic carboxylic acids is 1. The Morgan fingerprint density at radius 1 is 0.930 bits per heavy atom. The Kier molecular flexibility index (Phi) is 12.5. The molecule has 0 aliphatic carbocycles. The molecule has 3 N–H and O–H groups in total. The van der Waals surface area contributed by atoms with Crippen LogP contribution < -0.4 is 10.6 Å². The molecule has 2 aliphatic rings. The number of carboxylic acids is 1. The van der Waals surface area contributed by atoms with Crippen molar-refractivity contribution < 1.29 is 43.4 Å². The van der Waals surface area contributed by atoms with Gasteiger partial charge in [-0.05, 0) is 31.6 Å². The van der Waals surface area contributed by atoms with Crippen molar-refractivity contribution in [2.24, 2.45) is 17.8 Å². The fraction of sp³-hybridized carbons (Fsp3) is 0.759. The molecule has 0 aromatic heterocycles. The first-order valence-electron chi connectivity index (χ1n) is 14.8. The maximum Gasteiger partial charge on any atom is 0.308 e. The van der Waals surface area contributed by atoms with Gasteiger partial charge in [0.1, 0.15) is 24.2 Å². The van der Waals surface area contributed by atoms with Crippen LogP contribution in [0.2, 0.25) is 0 Å². The smallest absolute Gasteiger partial charge is 0.308 e. The van der Waals surface area contributed by atoms with Crippen molar-refractivity contribution in [2.45, 2.75) is 97.5 Å². The third-order valence-electron chi connectivity index (χ3n) is 8.19. The van der Waals surface area contributed by atoms with Crippen molar-refractivity contribution in [3.63, 3.8) is 0 Å². The van der Waals surface area contributed by atoms with E-state index in [1.807, 2.05) is 0 Å². The minimum absolute atomic E-state index is 0.157. The zero-order valence-corrected chi connectivity index (χ0v) is 26.4. The highest BCUT2D eigenvalue weighted by molar-refractivity contribution is 5.96. The number of carbonyl (C=O) groups is 7. The van der Waals surface area contributed by atoms with E-state index in [9.17, 15) is 38.7 Å². The van der Waals surface area contributed by atoms with Crippen molar-refractivity contribution in [1.29, 1.82) is 0 Å². The number of fused-ring (bicyclic) bond motifs is 1. The van der Waals surface area contributed by atoms with Crippen molar-refractivity contribution in [3.05, 3.63) is 0 Å². The van der Waals surface area contributed by atoms with E-state index in [0.717, 1.165) is 0 Å². The Bertz CT molecular complexity index is 1090. The molecule has 242 valence electrons. The second-order valence-corrected chi connectivity index (χ2v) is 12.2. The van der Waals surface area contributed by atoms with Crippen LogP contribution in [-0.4, -0.2) is 119 Å². The van der Waals surface area contributed by atoms with Gasteiger partial charge in [0.05, 0.1) is 12.3 Å². The lowest BCUT2D eigenvalue weighted by Gasteiger charge is -2.37. The molecule has 2 fully saturated rings. The lowest BCUT2D eigenvalue weighted by molar-refractivity contribution is -0.164. The Morgan fingerprint density at radius 2 is 1.56 bits per heavy atom. The molecule has 0 aromatic rings. The highest BCUT2D eigenvalue weighted by atomic mass is 16.5. The molecule has 0 bridgehead atoms. The highest BCUT2D eigenvalue weighted by Crippen LogP contribution is 2.24. The predicted molar refractivity (Wildman–Crippen MR) is 154 cm³/mol. The van der Waals surface area contributed by atoms with E-state index in [2.05, 4.69) is 10.6 Å². The van der Waals surface area contributed by atoms with Crippen LogP contribution in [0.15, 0.2) is 0 Å². The van der Waals surface area contributed by atoms with E-state index in [1.165, 1.54) is 42.6 Å². The normalized spacial score (nSPS) is 28.1. The lowest BCUT2D eigenvalue weighted by Crippen LogP contribution is -2.60. The lowest BCUT2D eigenvalue weighted by atomic mass is 9.97. The third-order valence-corrected chi connectivity index (χ3v) is 8.19. The van der Waals surface area contributed by atoms with Crippen molar-refractivity contribution in [3.8, 4) is 0 Å². The molecule has 14 heteroatoms. The monoisotopic (exact) mass is 609 g/mol. The molecule has 2 saturated heterocycles. The number of hydrogen-bond donors (Lipinski definition) is 3. The summed E-state index contributed by atoms with van der Waals surface area (Å²) in [7, 11) is 2.93. The molecule has 5 amide bonds. The van der Waals surface area contributed by atoms with Crippen molar-refractivity contribution in [2.75, 3.05) is 27.2 Å². The minimum Gasteiger partial charge on any atom is -0.481 e. The van der Waals surface area contributed by atoms with Crippen molar-refractivity contribution in [1.82, 2.24) is 25.3 Å². The van der Waals surface area contributed by atoms with Crippen LogP contribution in [-0.2, 0) is 38.3 Å². The Balaban J connectivity index is 2.53. The van der Waals surface area contributed by atoms with E-state index in [-0.39, 0.29) is 37.8 Å². The van der Waals surface area contributed by atoms with E-state index in [4.69, 9.17) is 4.74 Å². The number of hydrogen-bond acceptors (Lipinski definition) is 8. The van der Waals surface area contributed by atoms with Gasteiger partial charge in [-0.3, -0.25) is 33.6 Å². The van der Waals surface area contributed by atoms with Crippen LogP contribution in [0.25, 0.3) is 0 Å². The molecule has 6 atom stereocenters. The van der Waals surface area contributed by atoms with Gasteiger partial charge in [-0.25, -0.2) is 0 Å². The average Bonchev–Trinajstić information content (AvgIpc) is 3.43. The summed E-state index contributed by atoms with van der Waals surface area (Å²) in [4.78, 5) is 95.5. The van der Waals surface area contributed by atoms with E-state index in [0.29, 0.717) is 12.8 Å². The van der Waals surface area contributed by atoms with Gasteiger partial charge in [0.25, 0.3) is 5.91 Å². The number of nitrogens with one attached hydrogen (secondary N) is 2. The van der Waals surface area contributed by atoms with E-state index >= 15 is 0 Å². The molecule has 14 nitrogen and oxygen atoms in total. The molecule has 0 radical (unpaired) electrons. The third kappa shape index (κ3) is 8.66. The molecule has 0 saturated carbocycles. The first-order valence-corrected chi connectivity index (χ1v) is 14.8. The molecule has 2 unspecified atom stereocenters. The number of ether oxygens (including phenoxy) is 1. The molecule has 2 aliphatic heterocycles. The van der Waals surface area contributed by atoms with Crippen LogP contribution in [0, 0.1) is 17.8 Å². The number of carbonyl (C=O) groups excluding carboxylic acids is 6. The molecule has 0 aromatic carbocycles. The number of nitrogens with zero attached hydrogens (tertiary/aromatic N) is 3. The fourth-order valence-electron chi connectivity index (χ4n) is 5.36. The number of carboxylic acid groups (broad SMARTS) is 1. The van der Waals surface area contributed by atoms with E-state index < -0.39 is 77.7 Å². The van der Waals surface area contributed by atoms with E-state index in [1.54, 1.807) is 27.7 Å². The standard InChI is InChI=1S/C29H47N5O9/c1-15(2)22-27(39)33(8)23(16(3)4)28(40)32(7)18(6)24(36)30-12-11-21(35)43-20(14-17(5)29(41)42)26(38)34-13-9-10-19(34)25(37)31-22/h15-20,22-23H,9-14H2,1-8H3,(H,30,36)(H,31,37)(H,41,42)/t17?,18-,19-,20+,22-,23?/m0/s1. The SMILES string of the molecule is CC(C[C@H]1OC(=O)CCNC(=O)[C@H](C)N(C)C(=O)C(C(C)C)N(C)C(=O)[C@H](C(C)C)NC(=O)[C@@H]2CCCN2C1=O)C(=O)O. The quantitative estimate of drug-likeness (QED) is 0.361. The van der Waals surface area contributed by atoms with Crippen LogP contribution >= 0.6 is 0 Å². The number of likely N-dealkylation sites (N-methyl/N-ethyl adjacent to an activating group) is 2. The van der Waals surface area contributed by atoms with Gasteiger partial charge in [-0.1, -0.05) is 34.6 Å². The highest BCUT2D eigenvalue weighted by Gasteiger charge is 2.43. The Labute approximate surface area is 252 Å². The zero-order chi connectivity index (χ0) is 32.8. The summed E-state index contributed by atoms with van der Waals surface area (Å²) >= 11 is 0. The number of esters is 1. The summed E-state index contributed by atoms with van der Waals surface area (Å²) in [5, 5.41) is 14.8. The number of rotatable bonds is 5. The van der Waals surface area contributed by atoms with Gasteiger partial charge in [0.2, 0.25) is 23.6 Å². The second-order valence-electron chi connectivity index (χ2n) is 12.2. The summed E-state index contributed by atoms with van der Waals surface area (Å²) in [6.45, 7) is 9.96. The van der Waals surface area contributed by atoms with Gasteiger partial charge < -0.3 is 35.2 Å². The maximum absolute atomic E-state index is 13.8. The number of amides is 5. The maximum atomic E-state index is 13.8. The van der Waals surface area contributed by atoms with Crippen LogP contribution in [0.3, 0.4) is 0 Å². The first kappa shape index (κ1) is 35.5. The Hall–Kier alpha value is -3.71. The largest absolute Gasteiger partial charge is 0.481 e. The van der Waals surface area contributed by atoms with Gasteiger partial charge in [0.15, 0.2) is 6.10 Å². The summed E-state index contributed by atoms with van der Waals surface area (Å²) in [5.74, 6) is -6.56. The molecule has 0 spiro atoms. The molecular weight excluding hydrogens is 562 g/mol. The first-order chi connectivity index (χ1) is 20.0. The van der Waals surface area contributed by atoms with Gasteiger partial charge in [-0.2, -0.15) is 0 Å². The fourth-order valence-corrected chi connectivity index (χ4v) is 5.36. The summed E-state index contributed by atoms with van der Waals surface area (Å²) in [6.07, 6.45) is -1.32. The van der Waals surface area contributed by atoms with Crippen LogP contribution in [0.5, 0.6) is 0 Å². The predicted octanol–water partition coefficient (Wildman–Crippen LogP) is -0.00940. The molecule has 2 heterocycles. The molecule has 2 rings (SSSR count). The number of cyclic esters (lactones) is 1. The topological polar surface area (TPSA) is 183 Å². The average molecular weight is 610 g/mol. The second kappa shape index (κ2) is 15.1. The summed E-state index contributed by atoms with van der Waals surface area (Å²) in [6, 6.07) is -3.89. The molecular formula is C29H47N5O9. The Morgan fingerprint density at radius 3 is 2.12 bits per heavy atom. The van der Waals surface area contributed by atoms with Crippen LogP contribution in [0.1, 0.15) is 67.2 Å². The van der Waals surface area contributed by atoms with Crippen molar-refractivity contribution >= 4 is 41.5 Å². The van der Waals surface area contributed by atoms with Crippen LogP contribution in [0.4, 0.5) is 0 Å². The van der Waals surface area contributed by atoms with Gasteiger partial charge in [-0.15, -0.1) is 0 Å². The van der Waals surface area contributed by atoms with Gasteiger partial charge in [0, 0.05) is 33.6 Å². The van der Waals surface area contributed by atoms with Gasteiger partial charge >= 0.3 is 11.9 Å². The summed E-state index contributed by atoms with van der Waals surface area (Å²) in [5.41, 5.74) is 0. The summed E-state index contributed by atoms with van der Waals surface area (Å²) < 4.78 is 5.42. The zero-order valence-electron chi connectivity index (χ0n) is 26.4.